The fourth-order valence-corrected chi connectivity index (χ4v) is 2.17. The first kappa shape index (κ1) is 14.8. The third-order valence-corrected chi connectivity index (χ3v) is 3.17. The second-order valence-corrected chi connectivity index (χ2v) is 4.55. The van der Waals surface area contributed by atoms with Gasteiger partial charge in [-0.2, -0.15) is 0 Å². The average molecular weight is 284 g/mol. The Hall–Kier alpha value is -1.25. The van der Waals surface area contributed by atoms with Crippen LogP contribution in [0.5, 0.6) is 0 Å². The quantitative estimate of drug-likeness (QED) is 0.574. The van der Waals surface area contributed by atoms with Gasteiger partial charge in [0.15, 0.2) is 0 Å². The van der Waals surface area contributed by atoms with E-state index in [4.69, 9.17) is 23.2 Å². The number of rotatable bonds is 6. The minimum Gasteiger partial charge on any atom is -0.334 e. The standard InChI is InChI=1S/C14H15Cl2NO/c1-3-9-17(10-4-2)14(18)13(16)11-7-5-6-8-12(11)15/h3-8,13H,1-2,9-10H2. The number of hydrogen-bond acceptors (Lipinski definition) is 1. The van der Waals surface area contributed by atoms with Gasteiger partial charge in [0.05, 0.1) is 0 Å². The highest BCUT2D eigenvalue weighted by Gasteiger charge is 2.24. The smallest absolute Gasteiger partial charge is 0.245 e. The minimum absolute atomic E-state index is 0.204. The van der Waals surface area contributed by atoms with Crippen LogP contribution in [-0.4, -0.2) is 23.9 Å². The highest BCUT2D eigenvalue weighted by atomic mass is 35.5. The molecule has 0 aromatic heterocycles. The molecule has 0 bridgehead atoms. The van der Waals surface area contributed by atoms with E-state index in [1.54, 1.807) is 41.3 Å². The number of carbonyl (C=O) groups is 1. The first-order valence-electron chi connectivity index (χ1n) is 5.51. The first-order chi connectivity index (χ1) is 8.61. The zero-order valence-corrected chi connectivity index (χ0v) is 11.5. The van der Waals surface area contributed by atoms with Crippen molar-refractivity contribution in [2.24, 2.45) is 0 Å². The summed E-state index contributed by atoms with van der Waals surface area (Å²) >= 11 is 12.2. The van der Waals surface area contributed by atoms with Crippen molar-refractivity contribution in [2.75, 3.05) is 13.1 Å². The molecule has 2 nitrogen and oxygen atoms in total. The second-order valence-electron chi connectivity index (χ2n) is 3.70. The van der Waals surface area contributed by atoms with Crippen LogP contribution in [0, 0.1) is 0 Å². The molecule has 1 rings (SSSR count). The molecule has 0 aliphatic heterocycles. The number of hydrogen-bond donors (Lipinski definition) is 0. The Morgan fingerprint density at radius 3 is 2.33 bits per heavy atom. The van der Waals surface area contributed by atoms with Gasteiger partial charge < -0.3 is 4.90 Å². The Morgan fingerprint density at radius 1 is 1.28 bits per heavy atom. The summed E-state index contributed by atoms with van der Waals surface area (Å²) in [6.45, 7) is 8.09. The summed E-state index contributed by atoms with van der Waals surface area (Å²) < 4.78 is 0. The van der Waals surface area contributed by atoms with Gasteiger partial charge in [0.25, 0.3) is 0 Å². The van der Waals surface area contributed by atoms with E-state index in [2.05, 4.69) is 13.2 Å². The zero-order chi connectivity index (χ0) is 13.5. The molecule has 1 unspecified atom stereocenters. The zero-order valence-electron chi connectivity index (χ0n) is 9.98. The SMILES string of the molecule is C=CCN(CC=C)C(=O)C(Cl)c1ccccc1Cl. The predicted octanol–water partition coefficient (Wildman–Crippen LogP) is 3.82. The number of alkyl halides is 1. The maximum Gasteiger partial charge on any atom is 0.245 e. The van der Waals surface area contributed by atoms with Crippen LogP contribution >= 0.6 is 23.2 Å². The molecule has 18 heavy (non-hydrogen) atoms. The highest BCUT2D eigenvalue weighted by molar-refractivity contribution is 6.35. The molecule has 1 amide bonds. The van der Waals surface area contributed by atoms with Gasteiger partial charge in [0, 0.05) is 18.1 Å². The Morgan fingerprint density at radius 2 is 1.83 bits per heavy atom. The van der Waals surface area contributed by atoms with E-state index in [-0.39, 0.29) is 5.91 Å². The van der Waals surface area contributed by atoms with Gasteiger partial charge in [0.1, 0.15) is 5.38 Å². The lowest BCUT2D eigenvalue weighted by Gasteiger charge is -2.22. The molecule has 0 N–H and O–H groups in total. The Balaban J connectivity index is 2.91. The van der Waals surface area contributed by atoms with Crippen LogP contribution in [0.1, 0.15) is 10.9 Å². The summed E-state index contributed by atoms with van der Waals surface area (Å²) in [5, 5.41) is -0.304. The third kappa shape index (κ3) is 3.62. The summed E-state index contributed by atoms with van der Waals surface area (Å²) in [4.78, 5) is 13.8. The van der Waals surface area contributed by atoms with Crippen LogP contribution in [0.25, 0.3) is 0 Å². The lowest BCUT2D eigenvalue weighted by Crippen LogP contribution is -2.33. The first-order valence-corrected chi connectivity index (χ1v) is 6.32. The van der Waals surface area contributed by atoms with Crippen molar-refractivity contribution in [2.45, 2.75) is 5.38 Å². The van der Waals surface area contributed by atoms with Crippen LogP contribution in [0.3, 0.4) is 0 Å². The van der Waals surface area contributed by atoms with Gasteiger partial charge in [-0.25, -0.2) is 0 Å². The van der Waals surface area contributed by atoms with E-state index in [0.29, 0.717) is 23.7 Å². The topological polar surface area (TPSA) is 20.3 Å². The van der Waals surface area contributed by atoms with Crippen LogP contribution in [0.15, 0.2) is 49.6 Å². The number of nitrogens with zero attached hydrogens (tertiary/aromatic N) is 1. The molecule has 1 aromatic carbocycles. The van der Waals surface area contributed by atoms with Crippen molar-refractivity contribution in [3.8, 4) is 0 Å². The highest BCUT2D eigenvalue weighted by Crippen LogP contribution is 2.29. The molecule has 0 aliphatic carbocycles. The molecular formula is C14H15Cl2NO. The monoisotopic (exact) mass is 283 g/mol. The summed E-state index contributed by atoms with van der Waals surface area (Å²) in [6, 6.07) is 7.06. The molecule has 0 aliphatic rings. The van der Waals surface area contributed by atoms with Gasteiger partial charge in [0.2, 0.25) is 5.91 Å². The van der Waals surface area contributed by atoms with Gasteiger partial charge in [-0.1, -0.05) is 42.0 Å². The Kier molecular flexibility index (Phi) is 5.96. The average Bonchev–Trinajstić information content (AvgIpc) is 2.37. The van der Waals surface area contributed by atoms with E-state index < -0.39 is 5.38 Å². The largest absolute Gasteiger partial charge is 0.334 e. The lowest BCUT2D eigenvalue weighted by molar-refractivity contribution is -0.129. The minimum atomic E-state index is -0.793. The normalized spacial score (nSPS) is 11.7. The van der Waals surface area contributed by atoms with Crippen LogP contribution in [0.4, 0.5) is 0 Å². The summed E-state index contributed by atoms with van der Waals surface area (Å²) in [5.41, 5.74) is 0.615. The van der Waals surface area contributed by atoms with E-state index in [1.807, 2.05) is 0 Å². The Labute approximate surface area is 117 Å². The summed E-state index contributed by atoms with van der Waals surface area (Å²) in [5.74, 6) is -0.204. The molecular weight excluding hydrogens is 269 g/mol. The molecule has 96 valence electrons. The van der Waals surface area contributed by atoms with Crippen molar-refractivity contribution in [1.29, 1.82) is 0 Å². The van der Waals surface area contributed by atoms with Crippen molar-refractivity contribution in [3.05, 3.63) is 60.2 Å². The van der Waals surface area contributed by atoms with Crippen molar-refractivity contribution < 1.29 is 4.79 Å². The molecule has 0 radical (unpaired) electrons. The summed E-state index contributed by atoms with van der Waals surface area (Å²) in [7, 11) is 0. The molecule has 0 fully saturated rings. The summed E-state index contributed by atoms with van der Waals surface area (Å²) in [6.07, 6.45) is 3.30. The molecule has 0 heterocycles. The number of halogens is 2. The third-order valence-electron chi connectivity index (χ3n) is 2.41. The molecule has 1 atom stereocenters. The van der Waals surface area contributed by atoms with Crippen molar-refractivity contribution >= 4 is 29.1 Å². The number of carbonyl (C=O) groups excluding carboxylic acids is 1. The van der Waals surface area contributed by atoms with E-state index in [1.165, 1.54) is 0 Å². The van der Waals surface area contributed by atoms with Gasteiger partial charge in [-0.15, -0.1) is 24.8 Å². The van der Waals surface area contributed by atoms with Crippen LogP contribution < -0.4 is 0 Å². The number of benzene rings is 1. The molecule has 4 heteroatoms. The van der Waals surface area contributed by atoms with E-state index >= 15 is 0 Å². The maximum atomic E-state index is 12.2. The van der Waals surface area contributed by atoms with E-state index in [0.717, 1.165) is 0 Å². The fraction of sp³-hybridized carbons (Fsp3) is 0.214. The molecule has 0 saturated heterocycles. The van der Waals surface area contributed by atoms with Crippen molar-refractivity contribution in [3.63, 3.8) is 0 Å². The Bertz CT molecular complexity index is 435. The van der Waals surface area contributed by atoms with E-state index in [9.17, 15) is 4.79 Å². The number of amides is 1. The molecule has 0 spiro atoms. The van der Waals surface area contributed by atoms with Gasteiger partial charge in [-0.05, 0) is 11.6 Å². The lowest BCUT2D eigenvalue weighted by atomic mass is 10.1. The molecule has 0 saturated carbocycles. The van der Waals surface area contributed by atoms with Gasteiger partial charge in [-0.3, -0.25) is 4.79 Å². The predicted molar refractivity (Wildman–Crippen MR) is 77.0 cm³/mol. The van der Waals surface area contributed by atoms with Crippen LogP contribution in [0.2, 0.25) is 5.02 Å². The second kappa shape index (κ2) is 7.24. The maximum absolute atomic E-state index is 12.2. The van der Waals surface area contributed by atoms with Crippen LogP contribution in [-0.2, 0) is 4.79 Å². The molecule has 1 aromatic rings. The van der Waals surface area contributed by atoms with Crippen molar-refractivity contribution in [1.82, 2.24) is 4.90 Å². The fourth-order valence-electron chi connectivity index (χ4n) is 1.54. The van der Waals surface area contributed by atoms with Gasteiger partial charge >= 0.3 is 0 Å².